The average Bonchev–Trinajstić information content (AvgIpc) is 2.90. The van der Waals surface area contributed by atoms with Crippen LogP contribution < -0.4 is 45.0 Å². The first-order valence-electron chi connectivity index (χ1n) is 13.7. The molecule has 0 amide bonds. The van der Waals surface area contributed by atoms with Crippen LogP contribution in [0.25, 0.3) is 0 Å². The maximum Gasteiger partial charge on any atom is 0.236 e. The van der Waals surface area contributed by atoms with Crippen LogP contribution in [0.3, 0.4) is 0 Å². The number of carbonyl (C=O) groups excluding carboxylic acids is 1. The Bertz CT molecular complexity index is 1010. The summed E-state index contributed by atoms with van der Waals surface area (Å²) in [5.74, 6) is -1.06. The maximum atomic E-state index is 13.5. The molecule has 42 heavy (non-hydrogen) atoms. The molecule has 1 saturated heterocycles. The molecule has 0 aromatic carbocycles. The third-order valence-corrected chi connectivity index (χ3v) is 7.97. The third-order valence-electron chi connectivity index (χ3n) is 7.97. The van der Waals surface area contributed by atoms with E-state index < -0.39 is 83.7 Å². The number of aliphatic hydroxyl groups is 4. The Morgan fingerprint density at radius 3 is 2.50 bits per heavy atom. The SMILES string of the molecule is CN[C@@H]1[C@@H](O)[C@@H](O[C@@H]2[C@@H](O)[C@H](O[C@H]3OC(CN)=CC[C@]3(N)NC(=N)N)[C@@H](N)C[C@]2(N)C(=O)[C@@H](O)CCN)OC[C@]1(C)O. The van der Waals surface area contributed by atoms with Crippen LogP contribution in [0.1, 0.15) is 26.2 Å². The second kappa shape index (κ2) is 13.3. The van der Waals surface area contributed by atoms with Crippen LogP contribution in [-0.2, 0) is 23.7 Å². The molecule has 2 aliphatic heterocycles. The summed E-state index contributed by atoms with van der Waals surface area (Å²) in [4.78, 5) is 13.5. The summed E-state index contributed by atoms with van der Waals surface area (Å²) in [5, 5.41) is 56.8. The van der Waals surface area contributed by atoms with Crippen molar-refractivity contribution in [3.63, 3.8) is 0 Å². The van der Waals surface area contributed by atoms with E-state index in [-0.39, 0.29) is 39.0 Å². The summed E-state index contributed by atoms with van der Waals surface area (Å²) in [6.45, 7) is 1.14. The van der Waals surface area contributed by atoms with Crippen molar-refractivity contribution in [2.45, 2.75) is 98.2 Å². The minimum Gasteiger partial charge on any atom is -0.464 e. The molecule has 1 saturated carbocycles. The van der Waals surface area contributed by atoms with Gasteiger partial charge in [-0.1, -0.05) is 0 Å². The Balaban J connectivity index is 1.97. The molecule has 2 fully saturated rings. The van der Waals surface area contributed by atoms with Gasteiger partial charge in [0.2, 0.25) is 6.29 Å². The van der Waals surface area contributed by atoms with Gasteiger partial charge in [0.25, 0.3) is 0 Å². The number of ketones is 1. The van der Waals surface area contributed by atoms with Crippen molar-refractivity contribution in [3.05, 3.63) is 11.8 Å². The number of aliphatic hydroxyl groups excluding tert-OH is 3. The van der Waals surface area contributed by atoms with Gasteiger partial charge >= 0.3 is 0 Å². The quantitative estimate of drug-likeness (QED) is 0.0591. The molecular weight excluding hydrogens is 558 g/mol. The van der Waals surface area contributed by atoms with Gasteiger partial charge in [0.15, 0.2) is 23.7 Å². The molecule has 19 N–H and O–H groups in total. The van der Waals surface area contributed by atoms with E-state index in [2.05, 4.69) is 10.6 Å². The van der Waals surface area contributed by atoms with Crippen molar-refractivity contribution < 1.29 is 44.2 Å². The first-order chi connectivity index (χ1) is 19.5. The second-order valence-corrected chi connectivity index (χ2v) is 11.4. The fraction of sp³-hybridized carbons (Fsp3) is 0.833. The number of nitrogens with one attached hydrogen (secondary N) is 3. The summed E-state index contributed by atoms with van der Waals surface area (Å²) < 4.78 is 23.5. The Labute approximate surface area is 243 Å². The van der Waals surface area contributed by atoms with Crippen molar-refractivity contribution in [2.24, 2.45) is 34.4 Å². The van der Waals surface area contributed by atoms with Crippen molar-refractivity contribution in [2.75, 3.05) is 26.7 Å². The van der Waals surface area contributed by atoms with Gasteiger partial charge in [0.05, 0.1) is 19.2 Å². The molecule has 12 atom stereocenters. The van der Waals surface area contributed by atoms with Gasteiger partial charge in [-0.2, -0.15) is 0 Å². The third kappa shape index (κ3) is 6.86. The van der Waals surface area contributed by atoms with Crippen LogP contribution in [0.5, 0.6) is 0 Å². The molecule has 3 rings (SSSR count). The number of hydrogen-bond acceptors (Lipinski definition) is 16. The Hall–Kier alpha value is -2.04. The van der Waals surface area contributed by atoms with Gasteiger partial charge < -0.3 is 84.4 Å². The van der Waals surface area contributed by atoms with Crippen LogP contribution >= 0.6 is 0 Å². The minimum atomic E-state index is -2.10. The molecule has 0 bridgehead atoms. The topological polar surface area (TPSA) is 339 Å². The lowest BCUT2D eigenvalue weighted by molar-refractivity contribution is -0.310. The second-order valence-electron chi connectivity index (χ2n) is 11.4. The summed E-state index contributed by atoms with van der Waals surface area (Å²) >= 11 is 0. The normalized spacial score (nSPS) is 43.2. The van der Waals surface area contributed by atoms with E-state index >= 15 is 0 Å². The van der Waals surface area contributed by atoms with Gasteiger partial charge in [0, 0.05) is 12.5 Å². The Morgan fingerprint density at radius 2 is 1.93 bits per heavy atom. The van der Waals surface area contributed by atoms with Gasteiger partial charge in [-0.3, -0.25) is 10.2 Å². The lowest BCUT2D eigenvalue weighted by atomic mass is 9.70. The number of Topliss-reactive ketones (excluding diaryl/α,β-unsaturated/α-hetero) is 1. The van der Waals surface area contributed by atoms with Gasteiger partial charge in [-0.05, 0) is 39.4 Å². The van der Waals surface area contributed by atoms with E-state index in [1.54, 1.807) is 6.08 Å². The molecule has 242 valence electrons. The van der Waals surface area contributed by atoms with E-state index in [0.29, 0.717) is 5.76 Å². The summed E-state index contributed by atoms with van der Waals surface area (Å²) in [5.41, 5.74) is 31.0. The number of carbonyl (C=O) groups is 1. The fourth-order valence-corrected chi connectivity index (χ4v) is 5.74. The number of hydrogen-bond donors (Lipinski definition) is 13. The standard InChI is InChI=1S/C24H47N9O9/c1-22(38)9-39-19(14(36)16(22)32-2)42-18-13(35)15(11(27)7-23(18,30)17(37)12(34)4-6-25)41-20-24(31,33-21(28)29)5-3-10(8-26)40-20/h3,11-16,18-20,32,34-36,38H,4-9,25-27,30-31H2,1-2H3,(H4,28,29,33)/t11-,12-,13-,14+,15+,16+,18+,19+,20+,22-,23-,24-/m0/s1. The van der Waals surface area contributed by atoms with E-state index in [1.807, 2.05) is 0 Å². The smallest absolute Gasteiger partial charge is 0.236 e. The Kier molecular flexibility index (Phi) is 10.9. The zero-order chi connectivity index (χ0) is 31.6. The van der Waals surface area contributed by atoms with E-state index in [9.17, 15) is 25.2 Å². The molecule has 2 heterocycles. The lowest BCUT2D eigenvalue weighted by Crippen LogP contribution is -2.76. The lowest BCUT2D eigenvalue weighted by Gasteiger charge is -2.52. The first-order valence-corrected chi connectivity index (χ1v) is 13.7. The molecule has 18 nitrogen and oxygen atoms in total. The van der Waals surface area contributed by atoms with Crippen LogP contribution in [0.4, 0.5) is 0 Å². The molecule has 18 heteroatoms. The number of ether oxygens (including phenoxy) is 4. The summed E-state index contributed by atoms with van der Waals surface area (Å²) in [6, 6.07) is -2.07. The highest BCUT2D eigenvalue weighted by Crippen LogP contribution is 2.37. The molecule has 0 aromatic heterocycles. The maximum absolute atomic E-state index is 13.5. The van der Waals surface area contributed by atoms with E-state index in [0.717, 1.165) is 0 Å². The molecule has 0 radical (unpaired) electrons. The highest BCUT2D eigenvalue weighted by Gasteiger charge is 2.60. The van der Waals surface area contributed by atoms with Crippen LogP contribution in [0, 0.1) is 5.41 Å². The predicted octanol–water partition coefficient (Wildman–Crippen LogP) is -6.39. The summed E-state index contributed by atoms with van der Waals surface area (Å²) in [6.07, 6.45) is -9.58. The van der Waals surface area contributed by atoms with Crippen LogP contribution in [0.15, 0.2) is 11.8 Å². The van der Waals surface area contributed by atoms with Gasteiger partial charge in [-0.15, -0.1) is 0 Å². The highest BCUT2D eigenvalue weighted by molar-refractivity contribution is 5.93. The van der Waals surface area contributed by atoms with Crippen molar-refractivity contribution >= 4 is 11.7 Å². The van der Waals surface area contributed by atoms with Crippen LogP contribution in [0.2, 0.25) is 0 Å². The van der Waals surface area contributed by atoms with Crippen molar-refractivity contribution in [3.8, 4) is 0 Å². The van der Waals surface area contributed by atoms with Crippen LogP contribution in [-0.4, -0.2) is 131 Å². The highest BCUT2D eigenvalue weighted by atomic mass is 16.7. The zero-order valence-electron chi connectivity index (χ0n) is 23.8. The van der Waals surface area contributed by atoms with E-state index in [1.165, 1.54) is 14.0 Å². The number of likely N-dealkylation sites (N-methyl/N-ethyl adjacent to an activating group) is 1. The molecule has 0 aromatic rings. The zero-order valence-corrected chi connectivity index (χ0v) is 23.8. The molecule has 0 unspecified atom stereocenters. The van der Waals surface area contributed by atoms with Gasteiger partial charge in [-0.25, -0.2) is 0 Å². The van der Waals surface area contributed by atoms with Crippen molar-refractivity contribution in [1.29, 1.82) is 5.41 Å². The number of nitrogens with two attached hydrogens (primary N) is 6. The monoisotopic (exact) mass is 605 g/mol. The Morgan fingerprint density at radius 1 is 1.26 bits per heavy atom. The average molecular weight is 606 g/mol. The number of guanidine groups is 1. The van der Waals surface area contributed by atoms with Gasteiger partial charge in [0.1, 0.15) is 47.4 Å². The molecule has 0 spiro atoms. The molecular formula is C24H47N9O9. The van der Waals surface area contributed by atoms with E-state index in [4.69, 9.17) is 58.8 Å². The largest absolute Gasteiger partial charge is 0.464 e. The van der Waals surface area contributed by atoms with Crippen molar-refractivity contribution in [1.82, 2.24) is 10.6 Å². The predicted molar refractivity (Wildman–Crippen MR) is 148 cm³/mol. The summed E-state index contributed by atoms with van der Waals surface area (Å²) in [7, 11) is 1.52. The first kappa shape index (κ1) is 34.5. The molecule has 3 aliphatic rings. The fourth-order valence-electron chi connectivity index (χ4n) is 5.74. The minimum absolute atomic E-state index is 0.00617. The number of rotatable bonds is 11. The molecule has 1 aliphatic carbocycles.